The van der Waals surface area contributed by atoms with Crippen molar-refractivity contribution in [1.29, 1.82) is 0 Å². The van der Waals surface area contributed by atoms with Gasteiger partial charge in [-0.15, -0.1) is 0 Å². The van der Waals surface area contributed by atoms with Crippen LogP contribution in [0.25, 0.3) is 0 Å². The standard InChI is InChI=1S/C12H21BrN2O3S/c1-4-6-14-8-10-7-11(12(13)18-10)19(16,17)15-9(3)5-2/h7,9,14-15H,4-6,8H2,1-3H3. The lowest BCUT2D eigenvalue weighted by molar-refractivity contribution is 0.460. The van der Waals surface area contributed by atoms with Gasteiger partial charge in [-0.1, -0.05) is 13.8 Å². The molecule has 0 saturated heterocycles. The molecule has 0 aliphatic heterocycles. The number of sulfonamides is 1. The normalized spacial score (nSPS) is 13.7. The molecule has 1 aromatic heterocycles. The molecule has 0 radical (unpaired) electrons. The highest BCUT2D eigenvalue weighted by molar-refractivity contribution is 9.10. The molecule has 0 saturated carbocycles. The third-order valence-electron chi connectivity index (χ3n) is 2.69. The average Bonchev–Trinajstić information content (AvgIpc) is 2.71. The van der Waals surface area contributed by atoms with E-state index in [1.54, 1.807) is 6.07 Å². The average molecular weight is 353 g/mol. The Labute approximate surface area is 123 Å². The van der Waals surface area contributed by atoms with E-state index >= 15 is 0 Å². The Kier molecular flexibility index (Phi) is 6.52. The molecule has 1 atom stereocenters. The molecule has 0 spiro atoms. The lowest BCUT2D eigenvalue weighted by Gasteiger charge is -2.10. The van der Waals surface area contributed by atoms with Crippen LogP contribution in [0.15, 0.2) is 20.0 Å². The molecule has 1 aromatic rings. The van der Waals surface area contributed by atoms with Crippen molar-refractivity contribution in [3.8, 4) is 0 Å². The number of furan rings is 1. The molecular weight excluding hydrogens is 332 g/mol. The van der Waals surface area contributed by atoms with Crippen LogP contribution >= 0.6 is 15.9 Å². The van der Waals surface area contributed by atoms with Gasteiger partial charge in [0.15, 0.2) is 4.67 Å². The Bertz CT molecular complexity index is 499. The lowest BCUT2D eigenvalue weighted by Crippen LogP contribution is -2.31. The van der Waals surface area contributed by atoms with E-state index in [0.29, 0.717) is 12.3 Å². The fraction of sp³-hybridized carbons (Fsp3) is 0.667. The van der Waals surface area contributed by atoms with Crippen LogP contribution in [0.4, 0.5) is 0 Å². The highest BCUT2D eigenvalue weighted by atomic mass is 79.9. The Morgan fingerprint density at radius 2 is 2.11 bits per heavy atom. The van der Waals surface area contributed by atoms with Gasteiger partial charge in [-0.05, 0) is 42.2 Å². The van der Waals surface area contributed by atoms with Gasteiger partial charge in [-0.2, -0.15) is 0 Å². The van der Waals surface area contributed by atoms with Crippen LogP contribution < -0.4 is 10.0 Å². The van der Waals surface area contributed by atoms with Crippen molar-refractivity contribution in [3.63, 3.8) is 0 Å². The molecule has 19 heavy (non-hydrogen) atoms. The quantitative estimate of drug-likeness (QED) is 0.705. The maximum atomic E-state index is 12.1. The van der Waals surface area contributed by atoms with Gasteiger partial charge in [0.1, 0.15) is 10.7 Å². The lowest BCUT2D eigenvalue weighted by atomic mass is 10.3. The van der Waals surface area contributed by atoms with E-state index in [2.05, 4.69) is 32.9 Å². The van der Waals surface area contributed by atoms with Gasteiger partial charge in [-0.3, -0.25) is 0 Å². The summed E-state index contributed by atoms with van der Waals surface area (Å²) in [6, 6.07) is 1.45. The smallest absolute Gasteiger partial charge is 0.245 e. The molecule has 5 nitrogen and oxygen atoms in total. The molecule has 0 aromatic carbocycles. The summed E-state index contributed by atoms with van der Waals surface area (Å²) in [4.78, 5) is 0.154. The summed E-state index contributed by atoms with van der Waals surface area (Å²) in [5, 5.41) is 3.17. The first-order chi connectivity index (χ1) is 8.90. The van der Waals surface area contributed by atoms with Crippen molar-refractivity contribution >= 4 is 26.0 Å². The van der Waals surface area contributed by atoms with Gasteiger partial charge >= 0.3 is 0 Å². The predicted molar refractivity (Wildman–Crippen MR) is 78.5 cm³/mol. The maximum absolute atomic E-state index is 12.1. The molecule has 1 rings (SSSR count). The molecule has 0 aliphatic carbocycles. The highest BCUT2D eigenvalue weighted by Gasteiger charge is 2.23. The number of halogens is 1. The minimum atomic E-state index is -3.53. The zero-order chi connectivity index (χ0) is 14.5. The molecule has 1 unspecified atom stereocenters. The zero-order valence-corrected chi connectivity index (χ0v) is 13.9. The molecule has 0 aliphatic rings. The fourth-order valence-corrected chi connectivity index (χ4v) is 3.79. The van der Waals surface area contributed by atoms with Crippen molar-refractivity contribution in [3.05, 3.63) is 16.5 Å². The number of rotatable bonds is 8. The van der Waals surface area contributed by atoms with E-state index in [1.807, 2.05) is 13.8 Å². The largest absolute Gasteiger partial charge is 0.452 e. The second-order valence-electron chi connectivity index (χ2n) is 4.46. The van der Waals surface area contributed by atoms with Gasteiger partial charge < -0.3 is 9.73 Å². The van der Waals surface area contributed by atoms with Gasteiger partial charge in [0.25, 0.3) is 0 Å². The van der Waals surface area contributed by atoms with Crippen LogP contribution in [0, 0.1) is 0 Å². The van der Waals surface area contributed by atoms with Crippen molar-refractivity contribution in [2.75, 3.05) is 6.54 Å². The summed E-state index contributed by atoms with van der Waals surface area (Å²) >= 11 is 3.16. The van der Waals surface area contributed by atoms with Gasteiger partial charge in [0.2, 0.25) is 10.0 Å². The van der Waals surface area contributed by atoms with Gasteiger partial charge in [-0.25, -0.2) is 13.1 Å². The maximum Gasteiger partial charge on any atom is 0.245 e. The summed E-state index contributed by atoms with van der Waals surface area (Å²) < 4.78 is 32.5. The molecule has 0 bridgehead atoms. The molecule has 7 heteroatoms. The Hall–Kier alpha value is -0.370. The summed E-state index contributed by atoms with van der Waals surface area (Å²) in [6.07, 6.45) is 1.75. The van der Waals surface area contributed by atoms with Crippen LogP contribution in [-0.2, 0) is 16.6 Å². The topological polar surface area (TPSA) is 71.3 Å². The Balaban J connectivity index is 2.83. The van der Waals surface area contributed by atoms with E-state index in [-0.39, 0.29) is 15.6 Å². The van der Waals surface area contributed by atoms with E-state index in [0.717, 1.165) is 19.4 Å². The summed E-state index contributed by atoms with van der Waals surface area (Å²) in [6.45, 7) is 7.21. The second-order valence-corrected chi connectivity index (χ2v) is 6.86. The predicted octanol–water partition coefficient (Wildman–Crippen LogP) is 2.62. The first-order valence-electron chi connectivity index (χ1n) is 6.42. The first kappa shape index (κ1) is 16.7. The molecule has 1 heterocycles. The van der Waals surface area contributed by atoms with E-state index in [1.165, 1.54) is 0 Å². The summed E-state index contributed by atoms with van der Waals surface area (Å²) in [5.74, 6) is 0.602. The van der Waals surface area contributed by atoms with Crippen molar-refractivity contribution in [2.24, 2.45) is 0 Å². The molecule has 0 fully saturated rings. The van der Waals surface area contributed by atoms with Crippen LogP contribution in [0.3, 0.4) is 0 Å². The molecule has 2 N–H and O–H groups in total. The fourth-order valence-electron chi connectivity index (χ4n) is 1.47. The van der Waals surface area contributed by atoms with Crippen LogP contribution in [0.5, 0.6) is 0 Å². The number of hydrogen-bond donors (Lipinski definition) is 2. The molecular formula is C12H21BrN2O3S. The van der Waals surface area contributed by atoms with Crippen molar-refractivity contribution < 1.29 is 12.8 Å². The minimum Gasteiger partial charge on any atom is -0.452 e. The van der Waals surface area contributed by atoms with Crippen molar-refractivity contribution in [1.82, 2.24) is 10.0 Å². The SMILES string of the molecule is CCCNCc1cc(S(=O)(=O)NC(C)CC)c(Br)o1. The van der Waals surface area contributed by atoms with E-state index in [9.17, 15) is 8.42 Å². The number of hydrogen-bond acceptors (Lipinski definition) is 4. The first-order valence-corrected chi connectivity index (χ1v) is 8.69. The summed E-state index contributed by atoms with van der Waals surface area (Å²) in [5.41, 5.74) is 0. The third kappa shape index (κ3) is 4.91. The molecule has 110 valence electrons. The zero-order valence-electron chi connectivity index (χ0n) is 11.5. The van der Waals surface area contributed by atoms with Crippen molar-refractivity contribution in [2.45, 2.75) is 51.1 Å². The second kappa shape index (κ2) is 7.42. The minimum absolute atomic E-state index is 0.103. The number of nitrogens with one attached hydrogen (secondary N) is 2. The highest BCUT2D eigenvalue weighted by Crippen LogP contribution is 2.26. The monoisotopic (exact) mass is 352 g/mol. The van der Waals surface area contributed by atoms with Crippen LogP contribution in [-0.4, -0.2) is 21.0 Å². The Morgan fingerprint density at radius 1 is 1.42 bits per heavy atom. The summed E-state index contributed by atoms with van der Waals surface area (Å²) in [7, 11) is -3.53. The van der Waals surface area contributed by atoms with Gasteiger partial charge in [0, 0.05) is 12.1 Å². The van der Waals surface area contributed by atoms with Crippen LogP contribution in [0.2, 0.25) is 0 Å². The van der Waals surface area contributed by atoms with Gasteiger partial charge in [0.05, 0.1) is 6.54 Å². The van der Waals surface area contributed by atoms with Crippen LogP contribution in [0.1, 0.15) is 39.4 Å². The van der Waals surface area contributed by atoms with E-state index in [4.69, 9.17) is 4.42 Å². The van der Waals surface area contributed by atoms with E-state index < -0.39 is 10.0 Å². The third-order valence-corrected chi connectivity index (χ3v) is 5.14. The molecule has 0 amide bonds. The Morgan fingerprint density at radius 3 is 2.68 bits per heavy atom.